The summed E-state index contributed by atoms with van der Waals surface area (Å²) in [6.07, 6.45) is 11.5. The molecular formula is C44H42N4O6. The van der Waals surface area contributed by atoms with E-state index >= 15 is 0 Å². The highest BCUT2D eigenvalue weighted by Crippen LogP contribution is 2.29. The molecule has 0 fully saturated rings. The van der Waals surface area contributed by atoms with Crippen molar-refractivity contribution in [2.45, 2.75) is 90.9 Å². The van der Waals surface area contributed by atoms with Crippen molar-refractivity contribution >= 4 is 33.2 Å². The van der Waals surface area contributed by atoms with Crippen molar-refractivity contribution in [1.29, 1.82) is 0 Å². The lowest BCUT2D eigenvalue weighted by Gasteiger charge is -2.15. The molecule has 0 unspecified atom stereocenters. The number of nitrogens with zero attached hydrogens (tertiary/aromatic N) is 4. The van der Waals surface area contributed by atoms with Crippen LogP contribution >= 0.6 is 0 Å². The third kappa shape index (κ3) is 7.89. The molecule has 0 atom stereocenters. The van der Waals surface area contributed by atoms with Crippen LogP contribution in [0, 0.1) is 43.9 Å². The second-order valence-electron chi connectivity index (χ2n) is 13.6. The number of nitro benzene ring substituents is 2. The fourth-order valence-corrected chi connectivity index (χ4v) is 7.15. The van der Waals surface area contributed by atoms with Gasteiger partial charge >= 0.3 is 0 Å². The Morgan fingerprint density at radius 2 is 0.870 bits per heavy atom. The van der Waals surface area contributed by atoms with E-state index in [4.69, 9.17) is 0 Å². The van der Waals surface area contributed by atoms with E-state index in [-0.39, 0.29) is 22.5 Å². The Morgan fingerprint density at radius 3 is 1.22 bits per heavy atom. The van der Waals surface area contributed by atoms with E-state index in [0.717, 1.165) is 75.3 Å². The maximum Gasteiger partial charge on any atom is 0.269 e. The summed E-state index contributed by atoms with van der Waals surface area (Å²) in [5.74, 6) is 12.4. The molecule has 0 amide bonds. The highest BCUT2D eigenvalue weighted by molar-refractivity contribution is 5.96. The summed E-state index contributed by atoms with van der Waals surface area (Å²) < 4.78 is 3.27. The molecule has 4 heterocycles. The molecule has 0 bridgehead atoms. The summed E-state index contributed by atoms with van der Waals surface area (Å²) in [5.41, 5.74) is 4.38. The van der Waals surface area contributed by atoms with E-state index in [1.54, 1.807) is 45.2 Å². The lowest BCUT2D eigenvalue weighted by molar-refractivity contribution is -0.385. The van der Waals surface area contributed by atoms with E-state index in [0.29, 0.717) is 57.2 Å². The van der Waals surface area contributed by atoms with Gasteiger partial charge in [-0.2, -0.15) is 0 Å². The number of aromatic nitrogens is 2. The monoisotopic (exact) mass is 722 g/mol. The molecule has 2 aromatic carbocycles. The maximum atomic E-state index is 14.8. The van der Waals surface area contributed by atoms with Crippen molar-refractivity contribution in [3.63, 3.8) is 0 Å². The first-order valence-electron chi connectivity index (χ1n) is 18.8. The van der Waals surface area contributed by atoms with Gasteiger partial charge in [-0.1, -0.05) is 77.1 Å². The summed E-state index contributed by atoms with van der Waals surface area (Å²) in [7, 11) is 0. The van der Waals surface area contributed by atoms with Crippen LogP contribution in [0.1, 0.15) is 112 Å². The van der Waals surface area contributed by atoms with Gasteiger partial charge < -0.3 is 0 Å². The number of fused-ring (bicyclic) bond motifs is 3. The van der Waals surface area contributed by atoms with E-state index in [9.17, 15) is 29.8 Å². The average molecular weight is 723 g/mol. The minimum atomic E-state index is -0.460. The second-order valence-corrected chi connectivity index (χ2v) is 13.6. The van der Waals surface area contributed by atoms with Crippen LogP contribution in [0.3, 0.4) is 0 Å². The largest absolute Gasteiger partial charge is 0.269 e. The molecule has 0 N–H and O–H groups in total. The smallest absolute Gasteiger partial charge is 0.269 e. The highest BCUT2D eigenvalue weighted by Gasteiger charge is 2.24. The lowest BCUT2D eigenvalue weighted by atomic mass is 9.95. The van der Waals surface area contributed by atoms with Crippen molar-refractivity contribution in [3.05, 3.63) is 147 Å². The molecular weight excluding hydrogens is 681 g/mol. The molecule has 6 aromatic rings. The Labute approximate surface area is 313 Å². The predicted molar refractivity (Wildman–Crippen MR) is 213 cm³/mol. The Hall–Kier alpha value is -6.26. The molecule has 0 aliphatic carbocycles. The number of unbranched alkanes of at least 4 members (excludes halogenated alkanes) is 8. The molecule has 0 aliphatic heterocycles. The minimum Gasteiger partial charge on any atom is -0.269 e. The molecule has 0 radical (unpaired) electrons. The van der Waals surface area contributed by atoms with Gasteiger partial charge in [0, 0.05) is 35.4 Å². The van der Waals surface area contributed by atoms with Gasteiger partial charge in [-0.15, -0.1) is 0 Å². The van der Waals surface area contributed by atoms with Gasteiger partial charge in [0.15, 0.2) is 0 Å². The van der Waals surface area contributed by atoms with E-state index in [1.165, 1.54) is 24.3 Å². The summed E-state index contributed by atoms with van der Waals surface area (Å²) in [6.45, 7) is 4.34. The molecule has 0 saturated carbocycles. The number of rotatable bonds is 14. The number of non-ortho nitro benzene ring substituents is 2. The lowest BCUT2D eigenvalue weighted by Crippen LogP contribution is -2.25. The quantitative estimate of drug-likeness (QED) is 0.0477. The summed E-state index contributed by atoms with van der Waals surface area (Å²) in [4.78, 5) is 51.0. The van der Waals surface area contributed by atoms with Gasteiger partial charge in [-0.3, -0.25) is 38.6 Å². The maximum absolute atomic E-state index is 14.8. The topological polar surface area (TPSA) is 129 Å². The van der Waals surface area contributed by atoms with Crippen LogP contribution in [0.5, 0.6) is 0 Å². The zero-order chi connectivity index (χ0) is 38.2. The Balaban J connectivity index is 1.57. The number of hydrogen-bond acceptors (Lipinski definition) is 6. The molecule has 0 aliphatic rings. The van der Waals surface area contributed by atoms with E-state index < -0.39 is 9.85 Å². The SMILES string of the molecule is CCCCCCCc1c2c(=O)n3c(C#Cc4ccc([N+](=O)[O-])cc4)ccc3c(CCCCCCC)c2c(=O)n2c(C#Cc3ccc([N+](=O)[O-])cc3)ccc12. The molecule has 0 saturated heterocycles. The first-order valence-corrected chi connectivity index (χ1v) is 18.8. The number of hydrogen-bond donors (Lipinski definition) is 0. The Kier molecular flexibility index (Phi) is 11.8. The molecule has 54 heavy (non-hydrogen) atoms. The number of pyridine rings is 2. The normalized spacial score (nSPS) is 11.1. The molecule has 6 rings (SSSR count). The second kappa shape index (κ2) is 17.0. The van der Waals surface area contributed by atoms with Gasteiger partial charge in [0.1, 0.15) is 11.4 Å². The minimum absolute atomic E-state index is 0.0293. The van der Waals surface area contributed by atoms with Crippen LogP contribution in [0.15, 0.2) is 82.4 Å². The predicted octanol–water partition coefficient (Wildman–Crippen LogP) is 9.15. The van der Waals surface area contributed by atoms with Gasteiger partial charge in [-0.05, 0) is 97.2 Å². The third-order valence-electron chi connectivity index (χ3n) is 9.95. The summed E-state index contributed by atoms with van der Waals surface area (Å²) in [5, 5.41) is 23.1. The fourth-order valence-electron chi connectivity index (χ4n) is 7.15. The summed E-state index contributed by atoms with van der Waals surface area (Å²) in [6, 6.07) is 19.3. The first-order chi connectivity index (χ1) is 26.2. The van der Waals surface area contributed by atoms with E-state index in [2.05, 4.69) is 37.5 Å². The zero-order valence-corrected chi connectivity index (χ0v) is 30.7. The van der Waals surface area contributed by atoms with Crippen LogP contribution in [-0.4, -0.2) is 18.6 Å². The molecule has 10 nitrogen and oxygen atoms in total. The number of nitro groups is 2. The first kappa shape index (κ1) is 37.5. The zero-order valence-electron chi connectivity index (χ0n) is 30.7. The fraction of sp³-hybridized carbons (Fsp3) is 0.318. The molecule has 0 spiro atoms. The van der Waals surface area contributed by atoms with Crippen molar-refractivity contribution in [3.8, 4) is 23.7 Å². The van der Waals surface area contributed by atoms with Crippen LogP contribution in [-0.2, 0) is 12.8 Å². The van der Waals surface area contributed by atoms with Crippen LogP contribution in [0.25, 0.3) is 21.8 Å². The summed E-state index contributed by atoms with van der Waals surface area (Å²) >= 11 is 0. The molecule has 274 valence electrons. The molecule has 4 aromatic heterocycles. The highest BCUT2D eigenvalue weighted by atomic mass is 16.6. The standard InChI is InChI=1S/C44H42N4O6/c1-3-5-7-9-11-13-37-39-29-27-33(21-15-31-17-23-35(24-18-31)47(51)52)45(39)44(50)42-38(14-12-10-8-6-4-2)40-30-28-34(46(40)43(49)41(37)42)22-16-32-19-25-36(26-20-32)48(53)54/h17-20,23-30H,3-14H2,1-2H3. The number of aryl methyl sites for hydroxylation is 2. The Morgan fingerprint density at radius 1 is 0.500 bits per heavy atom. The van der Waals surface area contributed by atoms with Gasteiger partial charge in [-0.25, -0.2) is 0 Å². The van der Waals surface area contributed by atoms with Crippen LogP contribution in [0.4, 0.5) is 11.4 Å². The number of benzene rings is 2. The van der Waals surface area contributed by atoms with Crippen LogP contribution < -0.4 is 11.1 Å². The van der Waals surface area contributed by atoms with Crippen LogP contribution in [0.2, 0.25) is 0 Å². The Bertz CT molecular complexity index is 2400. The van der Waals surface area contributed by atoms with Gasteiger partial charge in [0.25, 0.3) is 22.5 Å². The van der Waals surface area contributed by atoms with Crippen molar-refractivity contribution in [2.75, 3.05) is 0 Å². The third-order valence-corrected chi connectivity index (χ3v) is 9.95. The van der Waals surface area contributed by atoms with Crippen molar-refractivity contribution in [1.82, 2.24) is 8.80 Å². The average Bonchev–Trinajstić information content (AvgIpc) is 3.80. The van der Waals surface area contributed by atoms with E-state index in [1.807, 2.05) is 12.1 Å². The van der Waals surface area contributed by atoms with Gasteiger partial charge in [0.2, 0.25) is 0 Å². The molecule has 10 heteroatoms. The van der Waals surface area contributed by atoms with Crippen molar-refractivity contribution in [2.24, 2.45) is 0 Å². The van der Waals surface area contributed by atoms with Crippen molar-refractivity contribution < 1.29 is 9.85 Å². The van der Waals surface area contributed by atoms with Gasteiger partial charge in [0.05, 0.1) is 31.7 Å².